The summed E-state index contributed by atoms with van der Waals surface area (Å²) in [4.78, 5) is 0.0990. The summed E-state index contributed by atoms with van der Waals surface area (Å²) < 4.78 is 31.5. The van der Waals surface area contributed by atoms with Crippen LogP contribution in [0.4, 0.5) is 5.69 Å². The van der Waals surface area contributed by atoms with Crippen molar-refractivity contribution in [3.8, 4) is 5.75 Å². The minimum absolute atomic E-state index is 0.0659. The molecule has 2 rings (SSSR count). The van der Waals surface area contributed by atoms with Crippen molar-refractivity contribution in [2.75, 3.05) is 12.8 Å². The van der Waals surface area contributed by atoms with Crippen molar-refractivity contribution >= 4 is 15.7 Å². The molecule has 3 N–H and O–H groups in total. The number of anilines is 1. The van der Waals surface area contributed by atoms with E-state index in [9.17, 15) is 8.42 Å². The standard InChI is InChI=1S/C10H14N2O3S/c1-15-9-5-2-7(11)6-10(9)16(13,14)12-8-3-4-8/h2,5-6,8,12H,3-4,11H2,1H3. The van der Waals surface area contributed by atoms with Gasteiger partial charge in [0.1, 0.15) is 10.6 Å². The summed E-state index contributed by atoms with van der Waals surface area (Å²) in [6.07, 6.45) is 1.79. The molecule has 0 heterocycles. The van der Waals surface area contributed by atoms with Crippen LogP contribution in [0.5, 0.6) is 5.75 Å². The summed E-state index contributed by atoms with van der Waals surface area (Å²) in [5, 5.41) is 0. The van der Waals surface area contributed by atoms with Crippen LogP contribution in [0.2, 0.25) is 0 Å². The summed E-state index contributed by atoms with van der Waals surface area (Å²) in [6, 6.07) is 4.63. The van der Waals surface area contributed by atoms with E-state index in [1.165, 1.54) is 13.2 Å². The van der Waals surface area contributed by atoms with Crippen molar-refractivity contribution in [3.63, 3.8) is 0 Å². The lowest BCUT2D eigenvalue weighted by atomic mass is 10.3. The number of methoxy groups -OCH3 is 1. The summed E-state index contributed by atoms with van der Waals surface area (Å²) in [5.74, 6) is 0.308. The summed E-state index contributed by atoms with van der Waals surface area (Å²) in [5.41, 5.74) is 5.98. The molecular weight excluding hydrogens is 228 g/mol. The number of hydrogen-bond donors (Lipinski definition) is 2. The quantitative estimate of drug-likeness (QED) is 0.762. The second-order valence-corrected chi connectivity index (χ2v) is 5.49. The average molecular weight is 242 g/mol. The van der Waals surface area contributed by atoms with Crippen molar-refractivity contribution in [3.05, 3.63) is 18.2 Å². The van der Waals surface area contributed by atoms with Crippen molar-refractivity contribution in [1.82, 2.24) is 4.72 Å². The molecule has 0 aromatic heterocycles. The van der Waals surface area contributed by atoms with Gasteiger partial charge in [-0.3, -0.25) is 0 Å². The first-order chi connectivity index (χ1) is 7.53. The van der Waals surface area contributed by atoms with Gasteiger partial charge in [-0.25, -0.2) is 13.1 Å². The first-order valence-corrected chi connectivity index (χ1v) is 6.47. The van der Waals surface area contributed by atoms with Crippen LogP contribution in [-0.4, -0.2) is 21.6 Å². The van der Waals surface area contributed by atoms with Crippen LogP contribution >= 0.6 is 0 Å². The normalized spacial score (nSPS) is 16.1. The lowest BCUT2D eigenvalue weighted by Crippen LogP contribution is -2.26. The Kier molecular flexibility index (Phi) is 2.77. The molecule has 6 heteroatoms. The fourth-order valence-electron chi connectivity index (χ4n) is 1.39. The number of hydrogen-bond acceptors (Lipinski definition) is 4. The number of nitrogen functional groups attached to an aromatic ring is 1. The first-order valence-electron chi connectivity index (χ1n) is 4.99. The molecule has 0 radical (unpaired) electrons. The molecule has 0 amide bonds. The maximum atomic E-state index is 12.0. The third kappa shape index (κ3) is 2.28. The van der Waals surface area contributed by atoms with Crippen LogP contribution in [0, 0.1) is 0 Å². The van der Waals surface area contributed by atoms with Gasteiger partial charge in [-0.1, -0.05) is 0 Å². The van der Waals surface area contributed by atoms with Crippen LogP contribution in [0.3, 0.4) is 0 Å². The molecule has 0 aliphatic heterocycles. The Hall–Kier alpha value is -1.27. The number of rotatable bonds is 4. The van der Waals surface area contributed by atoms with E-state index in [1.807, 2.05) is 0 Å². The smallest absolute Gasteiger partial charge is 0.244 e. The van der Waals surface area contributed by atoms with E-state index in [0.29, 0.717) is 11.4 Å². The van der Waals surface area contributed by atoms with Gasteiger partial charge in [-0.05, 0) is 31.0 Å². The molecule has 1 aromatic carbocycles. The zero-order valence-electron chi connectivity index (χ0n) is 8.93. The van der Waals surface area contributed by atoms with Crippen LogP contribution in [0.1, 0.15) is 12.8 Å². The van der Waals surface area contributed by atoms with Gasteiger partial charge in [0.2, 0.25) is 10.0 Å². The molecule has 1 aliphatic carbocycles. The van der Waals surface area contributed by atoms with Gasteiger partial charge < -0.3 is 10.5 Å². The molecule has 1 fully saturated rings. The van der Waals surface area contributed by atoms with Crippen LogP contribution < -0.4 is 15.2 Å². The van der Waals surface area contributed by atoms with Crippen LogP contribution in [-0.2, 0) is 10.0 Å². The SMILES string of the molecule is COc1ccc(N)cc1S(=O)(=O)NC1CC1. The molecule has 0 spiro atoms. The number of sulfonamides is 1. The third-order valence-corrected chi connectivity index (χ3v) is 3.92. The van der Waals surface area contributed by atoms with Gasteiger partial charge in [0, 0.05) is 11.7 Å². The van der Waals surface area contributed by atoms with Crippen molar-refractivity contribution in [2.45, 2.75) is 23.8 Å². The molecule has 0 saturated heterocycles. The molecule has 1 saturated carbocycles. The van der Waals surface area contributed by atoms with Crippen molar-refractivity contribution in [2.24, 2.45) is 0 Å². The minimum atomic E-state index is -3.52. The Morgan fingerprint density at radius 3 is 2.69 bits per heavy atom. The number of nitrogens with one attached hydrogen (secondary N) is 1. The van der Waals surface area contributed by atoms with Crippen molar-refractivity contribution < 1.29 is 13.2 Å². The Morgan fingerprint density at radius 2 is 2.12 bits per heavy atom. The maximum absolute atomic E-state index is 12.0. The summed E-state index contributed by atoms with van der Waals surface area (Å²) >= 11 is 0. The molecule has 0 bridgehead atoms. The Bertz CT molecular complexity index is 495. The predicted octanol–water partition coefficient (Wildman–Crippen LogP) is 0.718. The van der Waals surface area contributed by atoms with Gasteiger partial charge in [-0.15, -0.1) is 0 Å². The van der Waals surface area contributed by atoms with Gasteiger partial charge in [0.05, 0.1) is 7.11 Å². The maximum Gasteiger partial charge on any atom is 0.244 e. The zero-order chi connectivity index (χ0) is 11.8. The monoisotopic (exact) mass is 242 g/mol. The third-order valence-electron chi connectivity index (χ3n) is 2.38. The van der Waals surface area contributed by atoms with Gasteiger partial charge in [0.15, 0.2) is 0 Å². The van der Waals surface area contributed by atoms with E-state index < -0.39 is 10.0 Å². The fraction of sp³-hybridized carbons (Fsp3) is 0.400. The number of nitrogens with two attached hydrogens (primary N) is 1. The fourth-order valence-corrected chi connectivity index (χ4v) is 2.90. The number of ether oxygens (including phenoxy) is 1. The molecule has 16 heavy (non-hydrogen) atoms. The van der Waals surface area contributed by atoms with E-state index in [1.54, 1.807) is 12.1 Å². The molecule has 1 aliphatic rings. The van der Waals surface area contributed by atoms with Gasteiger partial charge in [0.25, 0.3) is 0 Å². The molecular formula is C10H14N2O3S. The highest BCUT2D eigenvalue weighted by Crippen LogP contribution is 2.28. The first kappa shape index (κ1) is 11.2. The lowest BCUT2D eigenvalue weighted by Gasteiger charge is -2.10. The lowest BCUT2D eigenvalue weighted by molar-refractivity contribution is 0.402. The minimum Gasteiger partial charge on any atom is -0.495 e. The van der Waals surface area contributed by atoms with E-state index in [-0.39, 0.29) is 10.9 Å². The molecule has 0 unspecified atom stereocenters. The van der Waals surface area contributed by atoms with E-state index in [2.05, 4.69) is 4.72 Å². The van der Waals surface area contributed by atoms with Gasteiger partial charge in [-0.2, -0.15) is 0 Å². The largest absolute Gasteiger partial charge is 0.495 e. The van der Waals surface area contributed by atoms with E-state index >= 15 is 0 Å². The number of benzene rings is 1. The summed E-state index contributed by atoms with van der Waals surface area (Å²) in [6.45, 7) is 0. The van der Waals surface area contributed by atoms with E-state index in [4.69, 9.17) is 10.5 Å². The van der Waals surface area contributed by atoms with Gasteiger partial charge >= 0.3 is 0 Å². The highest BCUT2D eigenvalue weighted by Gasteiger charge is 2.29. The van der Waals surface area contributed by atoms with Crippen LogP contribution in [0.15, 0.2) is 23.1 Å². The highest BCUT2D eigenvalue weighted by molar-refractivity contribution is 7.89. The topological polar surface area (TPSA) is 81.4 Å². The second-order valence-electron chi connectivity index (χ2n) is 3.81. The average Bonchev–Trinajstić information content (AvgIpc) is 3.01. The molecule has 1 aromatic rings. The van der Waals surface area contributed by atoms with Crippen molar-refractivity contribution in [1.29, 1.82) is 0 Å². The Morgan fingerprint density at radius 1 is 1.44 bits per heavy atom. The molecule has 0 atom stereocenters. The second kappa shape index (κ2) is 3.95. The molecule has 5 nitrogen and oxygen atoms in total. The molecule has 88 valence electrons. The van der Waals surface area contributed by atoms with Crippen LogP contribution in [0.25, 0.3) is 0 Å². The predicted molar refractivity (Wildman–Crippen MR) is 60.7 cm³/mol. The Balaban J connectivity index is 2.40. The van der Waals surface area contributed by atoms with E-state index in [0.717, 1.165) is 12.8 Å². The summed E-state index contributed by atoms with van der Waals surface area (Å²) in [7, 11) is -2.09. The Labute approximate surface area is 94.6 Å². The zero-order valence-corrected chi connectivity index (χ0v) is 9.75. The highest BCUT2D eigenvalue weighted by atomic mass is 32.2.